The van der Waals surface area contributed by atoms with Crippen LogP contribution in [0.4, 0.5) is 4.39 Å². The van der Waals surface area contributed by atoms with Crippen LogP contribution in [0.15, 0.2) is 36.4 Å². The fourth-order valence-electron chi connectivity index (χ4n) is 2.20. The van der Waals surface area contributed by atoms with Crippen LogP contribution in [0.25, 0.3) is 0 Å². The summed E-state index contributed by atoms with van der Waals surface area (Å²) < 4.78 is 24.2. The van der Waals surface area contributed by atoms with Gasteiger partial charge in [-0.15, -0.1) is 0 Å². The molecule has 1 atom stereocenters. The number of ether oxygens (including phenoxy) is 2. The molecule has 0 radical (unpaired) electrons. The van der Waals surface area contributed by atoms with Gasteiger partial charge in [0.05, 0.1) is 25.8 Å². The lowest BCUT2D eigenvalue weighted by Crippen LogP contribution is -2.27. The van der Waals surface area contributed by atoms with Crippen molar-refractivity contribution in [2.24, 2.45) is 0 Å². The van der Waals surface area contributed by atoms with Crippen LogP contribution >= 0.6 is 22.6 Å². The average Bonchev–Trinajstić information content (AvgIpc) is 2.53. The molecular formula is C17H17FINO3. The number of benzene rings is 2. The van der Waals surface area contributed by atoms with E-state index in [-0.39, 0.29) is 17.8 Å². The second kappa shape index (κ2) is 7.63. The van der Waals surface area contributed by atoms with Crippen molar-refractivity contribution in [2.45, 2.75) is 13.0 Å². The van der Waals surface area contributed by atoms with Crippen LogP contribution in [0, 0.1) is 9.39 Å². The molecule has 0 heterocycles. The molecule has 0 fully saturated rings. The number of hydrogen-bond acceptors (Lipinski definition) is 3. The van der Waals surface area contributed by atoms with E-state index in [0.29, 0.717) is 20.6 Å². The molecule has 0 aliphatic rings. The fourth-order valence-corrected chi connectivity index (χ4v) is 2.92. The van der Waals surface area contributed by atoms with E-state index in [9.17, 15) is 9.18 Å². The molecule has 2 aromatic rings. The standard InChI is InChI=1S/C17H17FINO3/c1-10(13-7-5-12(22-2)9-16(13)23-3)20-17(21)14-6-4-11(18)8-15(14)19/h4-10H,1-3H3,(H,20,21). The van der Waals surface area contributed by atoms with Crippen molar-refractivity contribution in [2.75, 3.05) is 14.2 Å². The predicted octanol–water partition coefficient (Wildman–Crippen LogP) is 3.94. The maximum Gasteiger partial charge on any atom is 0.252 e. The van der Waals surface area contributed by atoms with Crippen molar-refractivity contribution in [3.8, 4) is 11.5 Å². The summed E-state index contributed by atoms with van der Waals surface area (Å²) in [5.41, 5.74) is 1.27. The van der Waals surface area contributed by atoms with Gasteiger partial charge in [-0.25, -0.2) is 4.39 Å². The van der Waals surface area contributed by atoms with Gasteiger partial charge in [-0.05, 0) is 59.8 Å². The lowest BCUT2D eigenvalue weighted by Gasteiger charge is -2.18. The summed E-state index contributed by atoms with van der Waals surface area (Å²) in [5, 5.41) is 2.90. The molecule has 2 aromatic carbocycles. The van der Waals surface area contributed by atoms with Gasteiger partial charge in [0.15, 0.2) is 0 Å². The molecule has 0 saturated carbocycles. The average molecular weight is 429 g/mol. The van der Waals surface area contributed by atoms with Crippen molar-refractivity contribution < 1.29 is 18.7 Å². The number of carbonyl (C=O) groups excluding carboxylic acids is 1. The Kier molecular flexibility index (Phi) is 5.81. The van der Waals surface area contributed by atoms with Crippen LogP contribution in [-0.4, -0.2) is 20.1 Å². The Labute approximate surface area is 148 Å². The maximum absolute atomic E-state index is 13.1. The Morgan fingerprint density at radius 2 is 1.91 bits per heavy atom. The SMILES string of the molecule is COc1ccc(C(C)NC(=O)c2ccc(F)cc2I)c(OC)c1. The molecule has 2 rings (SSSR count). The quantitative estimate of drug-likeness (QED) is 0.733. The fraction of sp³-hybridized carbons (Fsp3) is 0.235. The van der Waals surface area contributed by atoms with Crippen LogP contribution in [0.2, 0.25) is 0 Å². The predicted molar refractivity (Wildman–Crippen MR) is 94.5 cm³/mol. The molecule has 23 heavy (non-hydrogen) atoms. The number of methoxy groups -OCH3 is 2. The summed E-state index contributed by atoms with van der Waals surface area (Å²) in [7, 11) is 3.14. The number of nitrogens with one attached hydrogen (secondary N) is 1. The van der Waals surface area contributed by atoms with Gasteiger partial charge in [-0.1, -0.05) is 0 Å². The van der Waals surface area contributed by atoms with E-state index in [1.165, 1.54) is 18.2 Å². The van der Waals surface area contributed by atoms with Gasteiger partial charge < -0.3 is 14.8 Å². The zero-order valence-corrected chi connectivity index (χ0v) is 15.2. The molecule has 0 saturated heterocycles. The third-order valence-corrected chi connectivity index (χ3v) is 4.32. The highest BCUT2D eigenvalue weighted by Crippen LogP contribution is 2.29. The lowest BCUT2D eigenvalue weighted by atomic mass is 10.1. The van der Waals surface area contributed by atoms with Gasteiger partial charge in [0.2, 0.25) is 0 Å². The summed E-state index contributed by atoms with van der Waals surface area (Å²) in [6.07, 6.45) is 0. The highest BCUT2D eigenvalue weighted by atomic mass is 127. The highest BCUT2D eigenvalue weighted by Gasteiger charge is 2.17. The minimum absolute atomic E-state index is 0.264. The van der Waals surface area contributed by atoms with Crippen molar-refractivity contribution in [1.29, 1.82) is 0 Å². The third kappa shape index (κ3) is 4.13. The first-order valence-corrected chi connectivity index (χ1v) is 8.02. The van der Waals surface area contributed by atoms with Crippen LogP contribution in [-0.2, 0) is 0 Å². The summed E-state index contributed by atoms with van der Waals surface area (Å²) in [5.74, 6) is 0.679. The van der Waals surface area contributed by atoms with Gasteiger partial charge in [0, 0.05) is 15.2 Å². The first-order valence-electron chi connectivity index (χ1n) is 6.94. The maximum atomic E-state index is 13.1. The summed E-state index contributed by atoms with van der Waals surface area (Å²) in [6.45, 7) is 1.86. The van der Waals surface area contributed by atoms with E-state index in [1.54, 1.807) is 20.3 Å². The summed E-state index contributed by atoms with van der Waals surface area (Å²) >= 11 is 1.94. The van der Waals surface area contributed by atoms with E-state index in [2.05, 4.69) is 5.32 Å². The largest absolute Gasteiger partial charge is 0.497 e. The van der Waals surface area contributed by atoms with Crippen LogP contribution in [0.1, 0.15) is 28.9 Å². The van der Waals surface area contributed by atoms with Crippen LogP contribution in [0.3, 0.4) is 0 Å². The van der Waals surface area contributed by atoms with Gasteiger partial charge in [0.1, 0.15) is 17.3 Å². The molecule has 1 unspecified atom stereocenters. The second-order valence-corrected chi connectivity index (χ2v) is 6.09. The van der Waals surface area contributed by atoms with Gasteiger partial charge >= 0.3 is 0 Å². The number of amides is 1. The molecule has 4 nitrogen and oxygen atoms in total. The number of carbonyl (C=O) groups is 1. The summed E-state index contributed by atoms with van der Waals surface area (Å²) in [4.78, 5) is 12.4. The van der Waals surface area contributed by atoms with Crippen LogP contribution in [0.5, 0.6) is 11.5 Å². The zero-order valence-electron chi connectivity index (χ0n) is 13.0. The normalized spacial score (nSPS) is 11.7. The van der Waals surface area contributed by atoms with Gasteiger partial charge in [0.25, 0.3) is 5.91 Å². The zero-order chi connectivity index (χ0) is 17.0. The van der Waals surface area contributed by atoms with Gasteiger partial charge in [-0.3, -0.25) is 4.79 Å². The molecule has 0 aliphatic heterocycles. The minimum Gasteiger partial charge on any atom is -0.497 e. The van der Waals surface area contributed by atoms with Crippen LogP contribution < -0.4 is 14.8 Å². The van der Waals surface area contributed by atoms with Gasteiger partial charge in [-0.2, -0.15) is 0 Å². The molecule has 1 N–H and O–H groups in total. The van der Waals surface area contributed by atoms with Crippen molar-refractivity contribution in [1.82, 2.24) is 5.32 Å². The van der Waals surface area contributed by atoms with Crippen molar-refractivity contribution >= 4 is 28.5 Å². The number of rotatable bonds is 5. The Morgan fingerprint density at radius 1 is 1.17 bits per heavy atom. The summed E-state index contributed by atoms with van der Waals surface area (Å²) in [6, 6.07) is 9.22. The van der Waals surface area contributed by atoms with Crippen molar-refractivity contribution in [3.05, 3.63) is 56.9 Å². The number of halogens is 2. The minimum atomic E-state index is -0.365. The highest BCUT2D eigenvalue weighted by molar-refractivity contribution is 14.1. The van der Waals surface area contributed by atoms with E-state index in [1.807, 2.05) is 41.6 Å². The lowest BCUT2D eigenvalue weighted by molar-refractivity contribution is 0.0938. The van der Waals surface area contributed by atoms with E-state index < -0.39 is 0 Å². The molecule has 122 valence electrons. The molecule has 0 aliphatic carbocycles. The van der Waals surface area contributed by atoms with Crippen molar-refractivity contribution in [3.63, 3.8) is 0 Å². The molecule has 0 spiro atoms. The topological polar surface area (TPSA) is 47.6 Å². The monoisotopic (exact) mass is 429 g/mol. The molecule has 1 amide bonds. The van der Waals surface area contributed by atoms with E-state index in [0.717, 1.165) is 5.56 Å². The molecule has 6 heteroatoms. The Balaban J connectivity index is 2.21. The Morgan fingerprint density at radius 3 is 2.52 bits per heavy atom. The van der Waals surface area contributed by atoms with E-state index in [4.69, 9.17) is 9.47 Å². The third-order valence-electron chi connectivity index (χ3n) is 3.43. The molecular weight excluding hydrogens is 412 g/mol. The first-order chi connectivity index (χ1) is 11.0. The Hall–Kier alpha value is -1.83. The Bertz CT molecular complexity index is 721. The second-order valence-electron chi connectivity index (χ2n) is 4.93. The number of hydrogen-bond donors (Lipinski definition) is 1. The first kappa shape index (κ1) is 17.5. The van der Waals surface area contributed by atoms with E-state index >= 15 is 0 Å². The molecule has 0 aromatic heterocycles. The smallest absolute Gasteiger partial charge is 0.252 e. The molecule has 0 bridgehead atoms.